The van der Waals surface area contributed by atoms with Crippen LogP contribution in [0.25, 0.3) is 0 Å². The first-order valence-electron chi connectivity index (χ1n) is 9.30. The Bertz CT molecular complexity index is 970. The summed E-state index contributed by atoms with van der Waals surface area (Å²) in [6, 6.07) is 9.87. The van der Waals surface area contributed by atoms with Crippen LogP contribution in [0.4, 0.5) is 11.4 Å². The quantitative estimate of drug-likeness (QED) is 0.501. The summed E-state index contributed by atoms with van der Waals surface area (Å²) < 4.78 is 23.0. The summed E-state index contributed by atoms with van der Waals surface area (Å²) in [5.41, 5.74) is 3.80. The molecule has 0 unspecified atom stereocenters. The van der Waals surface area contributed by atoms with Crippen molar-refractivity contribution >= 4 is 51.9 Å². The van der Waals surface area contributed by atoms with E-state index in [1.807, 2.05) is 41.6 Å². The van der Waals surface area contributed by atoms with Crippen LogP contribution in [0.2, 0.25) is 0 Å². The van der Waals surface area contributed by atoms with Crippen LogP contribution in [0.5, 0.6) is 11.5 Å². The van der Waals surface area contributed by atoms with Gasteiger partial charge in [0.1, 0.15) is 19.0 Å². The van der Waals surface area contributed by atoms with E-state index in [9.17, 15) is 0 Å². The first-order chi connectivity index (χ1) is 14.2. The van der Waals surface area contributed by atoms with Gasteiger partial charge in [-0.25, -0.2) is 9.98 Å². The SMILES string of the molecule is COCCOc1cc2c(cc1OCCOC)C1=Nc3cccc(Br)c3CN1C=N2.Cl.O. The number of hydrogen-bond donors (Lipinski definition) is 0. The predicted molar refractivity (Wildman–Crippen MR) is 126 cm³/mol. The molecule has 2 aliphatic rings. The number of amidine groups is 1. The Kier molecular flexibility index (Phi) is 9.27. The molecule has 168 valence electrons. The van der Waals surface area contributed by atoms with Crippen molar-refractivity contribution in [3.05, 3.63) is 45.9 Å². The summed E-state index contributed by atoms with van der Waals surface area (Å²) in [5.74, 6) is 2.11. The third-order valence-electron chi connectivity index (χ3n) is 4.65. The van der Waals surface area contributed by atoms with Crippen molar-refractivity contribution in [3.63, 3.8) is 0 Å². The number of hydrogen-bond acceptors (Lipinski definition) is 7. The lowest BCUT2D eigenvalue weighted by atomic mass is 10.0. The normalized spacial score (nSPS) is 13.1. The number of benzene rings is 2. The molecule has 0 radical (unpaired) electrons. The van der Waals surface area contributed by atoms with Crippen LogP contribution in [0.3, 0.4) is 0 Å². The van der Waals surface area contributed by atoms with E-state index in [0.717, 1.165) is 32.8 Å². The van der Waals surface area contributed by atoms with Crippen molar-refractivity contribution in [2.45, 2.75) is 6.54 Å². The smallest absolute Gasteiger partial charge is 0.163 e. The van der Waals surface area contributed by atoms with Crippen LogP contribution in [0.15, 0.2) is 44.8 Å². The second kappa shape index (κ2) is 11.4. The molecule has 0 amide bonds. The third-order valence-corrected chi connectivity index (χ3v) is 5.39. The van der Waals surface area contributed by atoms with Gasteiger partial charge in [-0.05, 0) is 18.2 Å². The summed E-state index contributed by atoms with van der Waals surface area (Å²) in [6.07, 6.45) is 1.81. The Morgan fingerprint density at radius 2 is 1.65 bits per heavy atom. The van der Waals surface area contributed by atoms with E-state index in [1.54, 1.807) is 14.2 Å². The number of methoxy groups -OCH3 is 2. The van der Waals surface area contributed by atoms with Crippen LogP contribution < -0.4 is 9.47 Å². The molecule has 0 aliphatic carbocycles. The van der Waals surface area contributed by atoms with Gasteiger partial charge < -0.3 is 29.3 Å². The fraction of sp³-hybridized carbons (Fsp3) is 0.333. The molecule has 10 heteroatoms. The number of halogens is 2. The summed E-state index contributed by atoms with van der Waals surface area (Å²) in [7, 11) is 3.29. The van der Waals surface area contributed by atoms with Gasteiger partial charge >= 0.3 is 0 Å². The number of aliphatic imine (C=N–C) groups is 2. The number of ether oxygens (including phenoxy) is 4. The van der Waals surface area contributed by atoms with Crippen molar-refractivity contribution in [2.75, 3.05) is 40.6 Å². The molecular weight excluding hydrogens is 490 g/mol. The van der Waals surface area contributed by atoms with E-state index in [2.05, 4.69) is 20.9 Å². The zero-order chi connectivity index (χ0) is 20.2. The molecule has 4 rings (SSSR count). The lowest BCUT2D eigenvalue weighted by molar-refractivity contribution is 0.132. The van der Waals surface area contributed by atoms with E-state index < -0.39 is 0 Å². The first-order valence-corrected chi connectivity index (χ1v) is 10.1. The van der Waals surface area contributed by atoms with Crippen molar-refractivity contribution in [2.24, 2.45) is 9.98 Å². The fourth-order valence-electron chi connectivity index (χ4n) is 3.21. The van der Waals surface area contributed by atoms with Crippen LogP contribution in [-0.4, -0.2) is 63.2 Å². The molecule has 0 spiro atoms. The zero-order valence-electron chi connectivity index (χ0n) is 17.3. The van der Waals surface area contributed by atoms with E-state index >= 15 is 0 Å². The number of nitrogens with zero attached hydrogens (tertiary/aromatic N) is 3. The minimum Gasteiger partial charge on any atom is -0.487 e. The Labute approximate surface area is 195 Å². The topological polar surface area (TPSA) is 96.4 Å². The van der Waals surface area contributed by atoms with Gasteiger partial charge in [-0.2, -0.15) is 0 Å². The van der Waals surface area contributed by atoms with Gasteiger partial charge in [-0.3, -0.25) is 0 Å². The van der Waals surface area contributed by atoms with Gasteiger partial charge in [0.15, 0.2) is 11.5 Å². The summed E-state index contributed by atoms with van der Waals surface area (Å²) in [5, 5.41) is 0. The largest absolute Gasteiger partial charge is 0.487 e. The van der Waals surface area contributed by atoms with Crippen LogP contribution in [0, 0.1) is 0 Å². The second-order valence-corrected chi connectivity index (χ2v) is 7.40. The van der Waals surface area contributed by atoms with Crippen molar-refractivity contribution < 1.29 is 24.4 Å². The maximum atomic E-state index is 5.92. The number of fused-ring (bicyclic) bond motifs is 4. The van der Waals surface area contributed by atoms with Crippen molar-refractivity contribution in [1.82, 2.24) is 4.90 Å². The van der Waals surface area contributed by atoms with Crippen LogP contribution in [-0.2, 0) is 16.0 Å². The maximum Gasteiger partial charge on any atom is 0.163 e. The molecule has 2 heterocycles. The average molecular weight is 515 g/mol. The highest BCUT2D eigenvalue weighted by molar-refractivity contribution is 9.10. The highest BCUT2D eigenvalue weighted by atomic mass is 79.9. The minimum absolute atomic E-state index is 0. The molecular formula is C21H25BrClN3O5. The molecule has 2 aliphatic heterocycles. The molecule has 2 N–H and O–H groups in total. The van der Waals surface area contributed by atoms with Crippen molar-refractivity contribution in [1.29, 1.82) is 0 Å². The molecule has 0 fully saturated rings. The third kappa shape index (κ3) is 5.36. The summed E-state index contributed by atoms with van der Waals surface area (Å²) in [4.78, 5) is 11.6. The highest BCUT2D eigenvalue weighted by Gasteiger charge is 2.27. The first kappa shape index (κ1) is 25.1. The summed E-state index contributed by atoms with van der Waals surface area (Å²) >= 11 is 3.62. The second-order valence-electron chi connectivity index (χ2n) is 6.54. The Hall–Kier alpha value is -2.17. The molecule has 0 bridgehead atoms. The average Bonchev–Trinajstić information content (AvgIpc) is 2.73. The fourth-order valence-corrected chi connectivity index (χ4v) is 3.69. The molecule has 0 saturated heterocycles. The Morgan fingerprint density at radius 3 is 2.32 bits per heavy atom. The Balaban J connectivity index is 0.00000171. The Morgan fingerprint density at radius 1 is 0.968 bits per heavy atom. The van der Waals surface area contributed by atoms with Gasteiger partial charge in [0.05, 0.1) is 37.5 Å². The number of rotatable bonds is 8. The summed E-state index contributed by atoms with van der Waals surface area (Å²) in [6.45, 7) is 2.52. The van der Waals surface area contributed by atoms with Crippen LogP contribution >= 0.6 is 28.3 Å². The molecule has 0 aromatic heterocycles. The van der Waals surface area contributed by atoms with E-state index in [0.29, 0.717) is 44.5 Å². The lowest BCUT2D eigenvalue weighted by Crippen LogP contribution is -2.34. The minimum atomic E-state index is 0. The molecule has 31 heavy (non-hydrogen) atoms. The predicted octanol–water partition coefficient (Wildman–Crippen LogP) is 3.66. The van der Waals surface area contributed by atoms with Gasteiger partial charge in [-0.15, -0.1) is 12.4 Å². The van der Waals surface area contributed by atoms with Crippen molar-refractivity contribution in [3.8, 4) is 11.5 Å². The van der Waals surface area contributed by atoms with E-state index in [1.165, 1.54) is 0 Å². The van der Waals surface area contributed by atoms with Gasteiger partial charge in [0.2, 0.25) is 0 Å². The molecule has 0 saturated carbocycles. The highest BCUT2D eigenvalue weighted by Crippen LogP contribution is 2.41. The monoisotopic (exact) mass is 513 g/mol. The van der Waals surface area contributed by atoms with Gasteiger partial charge in [0, 0.05) is 35.9 Å². The molecule has 8 nitrogen and oxygen atoms in total. The lowest BCUT2D eigenvalue weighted by Gasteiger charge is -2.31. The maximum absolute atomic E-state index is 5.92. The standard InChI is InChI=1S/C21H22BrN3O4.ClH.H2O/c1-26-6-8-28-19-10-14-18(11-20(19)29-9-7-27-2)23-13-25-12-15-16(22)4-3-5-17(15)24-21(14)25;;/h3-5,10-11,13H,6-9,12H2,1-2H3;1H;1H2. The van der Waals surface area contributed by atoms with Gasteiger partial charge in [-0.1, -0.05) is 22.0 Å². The van der Waals surface area contributed by atoms with E-state index in [4.69, 9.17) is 23.9 Å². The molecule has 2 aromatic rings. The van der Waals surface area contributed by atoms with Crippen LogP contribution in [0.1, 0.15) is 11.1 Å². The zero-order valence-corrected chi connectivity index (χ0v) is 19.7. The van der Waals surface area contributed by atoms with E-state index in [-0.39, 0.29) is 17.9 Å². The molecule has 2 aromatic carbocycles. The van der Waals surface area contributed by atoms with Gasteiger partial charge in [0.25, 0.3) is 0 Å². The molecule has 0 atom stereocenters.